The summed E-state index contributed by atoms with van der Waals surface area (Å²) in [4.78, 5) is 12.0. The highest BCUT2D eigenvalue weighted by molar-refractivity contribution is 5.95. The molecule has 1 unspecified atom stereocenters. The maximum atomic E-state index is 12.0. The van der Waals surface area contributed by atoms with Gasteiger partial charge >= 0.3 is 5.97 Å². The fourth-order valence-electron chi connectivity index (χ4n) is 2.39. The van der Waals surface area contributed by atoms with Crippen LogP contribution in [0.15, 0.2) is 54.2 Å². The molecule has 1 aliphatic heterocycles. The standard InChI is InChI=1S/C18H17NO4/c1-21-15-9-8-12(11-16(15)22-2)10-14-18(20)23-17(19-14)13-6-4-3-5-7-13/h3-11,17,19H,1-2H3. The van der Waals surface area contributed by atoms with Crippen LogP contribution in [0.1, 0.15) is 17.4 Å². The molecular formula is C18H17NO4. The summed E-state index contributed by atoms with van der Waals surface area (Å²) in [6.45, 7) is 0. The number of hydrogen-bond donors (Lipinski definition) is 1. The summed E-state index contributed by atoms with van der Waals surface area (Å²) < 4.78 is 15.8. The Bertz CT molecular complexity index is 740. The van der Waals surface area contributed by atoms with Crippen LogP contribution in [0.4, 0.5) is 0 Å². The molecule has 1 atom stereocenters. The van der Waals surface area contributed by atoms with Crippen molar-refractivity contribution in [2.24, 2.45) is 0 Å². The number of rotatable bonds is 4. The Hall–Kier alpha value is -2.95. The van der Waals surface area contributed by atoms with E-state index in [0.717, 1.165) is 11.1 Å². The van der Waals surface area contributed by atoms with E-state index in [1.54, 1.807) is 32.4 Å². The summed E-state index contributed by atoms with van der Waals surface area (Å²) in [6.07, 6.45) is 1.27. The second-order valence-corrected chi connectivity index (χ2v) is 5.01. The molecule has 1 fully saturated rings. The van der Waals surface area contributed by atoms with Crippen LogP contribution in [0.25, 0.3) is 6.08 Å². The van der Waals surface area contributed by atoms with Crippen molar-refractivity contribution in [3.63, 3.8) is 0 Å². The van der Waals surface area contributed by atoms with Crippen molar-refractivity contribution in [1.29, 1.82) is 0 Å². The Labute approximate surface area is 134 Å². The molecule has 3 rings (SSSR count). The lowest BCUT2D eigenvalue weighted by Gasteiger charge is -2.09. The zero-order valence-electron chi connectivity index (χ0n) is 12.9. The number of hydrogen-bond acceptors (Lipinski definition) is 5. The third-order valence-electron chi connectivity index (χ3n) is 3.55. The van der Waals surface area contributed by atoms with Gasteiger partial charge in [0, 0.05) is 5.56 Å². The number of benzene rings is 2. The maximum absolute atomic E-state index is 12.0. The van der Waals surface area contributed by atoms with Crippen molar-refractivity contribution >= 4 is 12.0 Å². The van der Waals surface area contributed by atoms with E-state index >= 15 is 0 Å². The van der Waals surface area contributed by atoms with Gasteiger partial charge in [0.25, 0.3) is 0 Å². The second kappa shape index (κ2) is 6.44. The number of esters is 1. The van der Waals surface area contributed by atoms with E-state index in [1.165, 1.54) is 0 Å². The molecule has 23 heavy (non-hydrogen) atoms. The minimum absolute atomic E-state index is 0.381. The van der Waals surface area contributed by atoms with Crippen molar-refractivity contribution in [2.75, 3.05) is 14.2 Å². The molecule has 1 heterocycles. The van der Waals surface area contributed by atoms with Gasteiger partial charge in [-0.2, -0.15) is 0 Å². The van der Waals surface area contributed by atoms with Gasteiger partial charge in [-0.05, 0) is 23.8 Å². The van der Waals surface area contributed by atoms with E-state index in [0.29, 0.717) is 17.2 Å². The van der Waals surface area contributed by atoms with Crippen LogP contribution in [0.2, 0.25) is 0 Å². The maximum Gasteiger partial charge on any atom is 0.356 e. The first kappa shape index (κ1) is 15.0. The molecule has 0 amide bonds. The topological polar surface area (TPSA) is 56.8 Å². The van der Waals surface area contributed by atoms with Gasteiger partial charge in [0.2, 0.25) is 0 Å². The highest BCUT2D eigenvalue weighted by Gasteiger charge is 2.28. The number of nitrogens with one attached hydrogen (secondary N) is 1. The van der Waals surface area contributed by atoms with Crippen molar-refractivity contribution in [2.45, 2.75) is 6.23 Å². The predicted octanol–water partition coefficient (Wildman–Crippen LogP) is 2.89. The summed E-state index contributed by atoms with van der Waals surface area (Å²) in [7, 11) is 3.15. The van der Waals surface area contributed by atoms with Crippen LogP contribution in [-0.4, -0.2) is 20.2 Å². The van der Waals surface area contributed by atoms with Gasteiger partial charge in [-0.1, -0.05) is 36.4 Å². The molecule has 2 aromatic carbocycles. The largest absolute Gasteiger partial charge is 0.493 e. The van der Waals surface area contributed by atoms with E-state index in [1.807, 2.05) is 36.4 Å². The molecule has 5 nitrogen and oxygen atoms in total. The third kappa shape index (κ3) is 3.13. The summed E-state index contributed by atoms with van der Waals surface area (Å²) >= 11 is 0. The quantitative estimate of drug-likeness (QED) is 0.695. The molecular weight excluding hydrogens is 294 g/mol. The molecule has 0 aromatic heterocycles. The van der Waals surface area contributed by atoms with Crippen LogP contribution in [-0.2, 0) is 9.53 Å². The lowest BCUT2D eigenvalue weighted by molar-refractivity contribution is -0.139. The minimum Gasteiger partial charge on any atom is -0.493 e. The predicted molar refractivity (Wildman–Crippen MR) is 85.9 cm³/mol. The fraction of sp³-hybridized carbons (Fsp3) is 0.167. The van der Waals surface area contributed by atoms with Gasteiger partial charge in [-0.3, -0.25) is 0 Å². The van der Waals surface area contributed by atoms with Crippen LogP contribution < -0.4 is 14.8 Å². The molecule has 0 radical (unpaired) electrons. The number of cyclic esters (lactones) is 1. The van der Waals surface area contributed by atoms with Crippen molar-refractivity contribution in [1.82, 2.24) is 5.32 Å². The normalized spacial score (nSPS) is 18.4. The first-order valence-corrected chi connectivity index (χ1v) is 7.17. The average molecular weight is 311 g/mol. The molecule has 1 saturated heterocycles. The lowest BCUT2D eigenvalue weighted by Crippen LogP contribution is -2.12. The zero-order valence-corrected chi connectivity index (χ0v) is 12.9. The van der Waals surface area contributed by atoms with Crippen LogP contribution in [0.5, 0.6) is 11.5 Å². The molecule has 1 aliphatic rings. The highest BCUT2D eigenvalue weighted by atomic mass is 16.6. The Kier molecular flexibility index (Phi) is 4.19. The van der Waals surface area contributed by atoms with E-state index in [9.17, 15) is 4.79 Å². The zero-order chi connectivity index (χ0) is 16.2. The van der Waals surface area contributed by atoms with Gasteiger partial charge in [-0.25, -0.2) is 4.79 Å². The summed E-state index contributed by atoms with van der Waals surface area (Å²) in [5.41, 5.74) is 2.12. The minimum atomic E-state index is -0.463. The second-order valence-electron chi connectivity index (χ2n) is 5.01. The number of carbonyl (C=O) groups excluding carboxylic acids is 1. The van der Waals surface area contributed by atoms with E-state index < -0.39 is 6.23 Å². The van der Waals surface area contributed by atoms with Crippen LogP contribution in [0.3, 0.4) is 0 Å². The van der Waals surface area contributed by atoms with Gasteiger partial charge in [0.1, 0.15) is 5.70 Å². The average Bonchev–Trinajstić information content (AvgIpc) is 2.96. The number of ether oxygens (including phenoxy) is 3. The number of carbonyl (C=O) groups is 1. The molecule has 0 bridgehead atoms. The molecule has 1 N–H and O–H groups in total. The molecule has 0 spiro atoms. The van der Waals surface area contributed by atoms with E-state index in [-0.39, 0.29) is 5.97 Å². The SMILES string of the molecule is COc1ccc(C=C2NC(c3ccccc3)OC2=O)cc1OC. The Morgan fingerprint density at radius 3 is 2.48 bits per heavy atom. The summed E-state index contributed by atoms with van der Waals surface area (Å²) in [5, 5.41) is 3.09. The summed E-state index contributed by atoms with van der Waals surface area (Å²) in [6, 6.07) is 15.0. The molecule has 2 aromatic rings. The van der Waals surface area contributed by atoms with Gasteiger partial charge in [0.15, 0.2) is 17.7 Å². The van der Waals surface area contributed by atoms with Gasteiger partial charge in [0.05, 0.1) is 14.2 Å². The Morgan fingerprint density at radius 2 is 1.78 bits per heavy atom. The van der Waals surface area contributed by atoms with Crippen molar-refractivity contribution in [3.05, 3.63) is 65.4 Å². The first-order valence-electron chi connectivity index (χ1n) is 7.17. The fourth-order valence-corrected chi connectivity index (χ4v) is 2.39. The molecule has 0 saturated carbocycles. The van der Waals surface area contributed by atoms with Crippen molar-refractivity contribution in [3.8, 4) is 11.5 Å². The number of methoxy groups -OCH3 is 2. The third-order valence-corrected chi connectivity index (χ3v) is 3.55. The monoisotopic (exact) mass is 311 g/mol. The molecule has 5 heteroatoms. The van der Waals surface area contributed by atoms with Gasteiger partial charge < -0.3 is 19.5 Å². The first-order chi connectivity index (χ1) is 11.2. The molecule has 118 valence electrons. The smallest absolute Gasteiger partial charge is 0.356 e. The summed E-state index contributed by atoms with van der Waals surface area (Å²) in [5.74, 6) is 0.861. The van der Waals surface area contributed by atoms with Crippen LogP contribution >= 0.6 is 0 Å². The lowest BCUT2D eigenvalue weighted by atomic mass is 10.1. The van der Waals surface area contributed by atoms with Crippen LogP contribution in [0, 0.1) is 0 Å². The van der Waals surface area contributed by atoms with E-state index in [4.69, 9.17) is 14.2 Å². The van der Waals surface area contributed by atoms with Gasteiger partial charge in [-0.15, -0.1) is 0 Å². The van der Waals surface area contributed by atoms with E-state index in [2.05, 4.69) is 5.32 Å². The Morgan fingerprint density at radius 1 is 1.04 bits per heavy atom. The van der Waals surface area contributed by atoms with Crippen molar-refractivity contribution < 1.29 is 19.0 Å². The highest BCUT2D eigenvalue weighted by Crippen LogP contribution is 2.30. The Balaban J connectivity index is 1.84. The molecule has 0 aliphatic carbocycles.